The third-order valence-electron chi connectivity index (χ3n) is 4.04. The highest BCUT2D eigenvalue weighted by molar-refractivity contribution is 7.98. The van der Waals surface area contributed by atoms with Gasteiger partial charge in [-0.15, -0.1) is 11.8 Å². The molecule has 1 heterocycles. The van der Waals surface area contributed by atoms with Gasteiger partial charge in [0, 0.05) is 12.2 Å². The van der Waals surface area contributed by atoms with Gasteiger partial charge in [0.25, 0.3) is 5.91 Å². The molecule has 30 heavy (non-hydrogen) atoms. The van der Waals surface area contributed by atoms with Crippen LogP contribution < -0.4 is 16.8 Å². The van der Waals surface area contributed by atoms with E-state index in [1.54, 1.807) is 25.3 Å². The summed E-state index contributed by atoms with van der Waals surface area (Å²) in [6, 6.07) is 6.08. The smallest absolute Gasteiger partial charge is 0.368 e. The number of carbonyl (C=O) groups excluding carboxylic acids is 1. The lowest BCUT2D eigenvalue weighted by Gasteiger charge is -2.31. The normalized spacial score (nSPS) is 13.6. The van der Waals surface area contributed by atoms with Crippen LogP contribution in [0.4, 0.5) is 24.8 Å². The third kappa shape index (κ3) is 4.99. The molecule has 0 aliphatic rings. The molecule has 8 nitrogen and oxygen atoms in total. The van der Waals surface area contributed by atoms with Crippen LogP contribution in [0.15, 0.2) is 29.3 Å². The molecule has 0 aliphatic carbocycles. The van der Waals surface area contributed by atoms with Gasteiger partial charge < -0.3 is 21.7 Å². The maximum absolute atomic E-state index is 13.1. The lowest BCUT2D eigenvalue weighted by Crippen LogP contribution is -2.55. The number of carbonyl (C=O) groups is 1. The molecule has 160 valence electrons. The number of rotatable bonds is 6. The number of anilines is 2. The molecular formula is C18H20F3N7OS. The molecule has 12 heteroatoms. The Balaban J connectivity index is 2.57. The van der Waals surface area contributed by atoms with Crippen molar-refractivity contribution < 1.29 is 18.0 Å². The molecule has 0 saturated heterocycles. The molecule has 0 unspecified atom stereocenters. The van der Waals surface area contributed by atoms with Gasteiger partial charge in [0.2, 0.25) is 5.95 Å². The van der Waals surface area contributed by atoms with Crippen molar-refractivity contribution in [3.63, 3.8) is 0 Å². The highest BCUT2D eigenvalue weighted by atomic mass is 32.2. The van der Waals surface area contributed by atoms with Gasteiger partial charge in [-0.2, -0.15) is 18.4 Å². The number of amides is 1. The molecular weight excluding hydrogens is 419 g/mol. The van der Waals surface area contributed by atoms with Crippen LogP contribution in [-0.4, -0.2) is 47.7 Å². The number of nitrogens with zero attached hydrogens (tertiary/aromatic N) is 4. The van der Waals surface area contributed by atoms with E-state index in [4.69, 9.17) is 11.5 Å². The predicted molar refractivity (Wildman–Crippen MR) is 107 cm³/mol. The number of nitrogens with one attached hydrogen (secondary N) is 1. The molecule has 0 fully saturated rings. The van der Waals surface area contributed by atoms with E-state index in [2.05, 4.69) is 15.3 Å². The van der Waals surface area contributed by atoms with E-state index in [9.17, 15) is 23.2 Å². The van der Waals surface area contributed by atoms with E-state index in [1.165, 1.54) is 6.07 Å². The number of halogens is 3. The zero-order chi connectivity index (χ0) is 22.7. The first-order valence-electron chi connectivity index (χ1n) is 8.46. The maximum atomic E-state index is 13.1. The summed E-state index contributed by atoms with van der Waals surface area (Å²) >= 11 is 1.12. The van der Waals surface area contributed by atoms with Gasteiger partial charge >= 0.3 is 6.18 Å². The van der Waals surface area contributed by atoms with Gasteiger partial charge in [0.1, 0.15) is 16.7 Å². The number of hydrogen-bond acceptors (Lipinski definition) is 8. The molecule has 1 amide bonds. The van der Waals surface area contributed by atoms with E-state index < -0.39 is 23.2 Å². The van der Waals surface area contributed by atoms with Crippen molar-refractivity contribution in [1.29, 1.82) is 5.26 Å². The lowest BCUT2D eigenvalue weighted by atomic mass is 9.91. The van der Waals surface area contributed by atoms with E-state index in [0.717, 1.165) is 30.0 Å². The Kier molecular flexibility index (Phi) is 6.91. The number of benzene rings is 1. The monoisotopic (exact) mass is 439 g/mol. The van der Waals surface area contributed by atoms with Crippen molar-refractivity contribution in [3.05, 3.63) is 41.1 Å². The average molecular weight is 439 g/mol. The highest BCUT2D eigenvalue weighted by Gasteiger charge is 2.42. The molecule has 0 bridgehead atoms. The van der Waals surface area contributed by atoms with Crippen LogP contribution in [0.2, 0.25) is 0 Å². The number of likely N-dealkylation sites (N-methyl/N-ethyl adjacent to an activating group) is 1. The van der Waals surface area contributed by atoms with Crippen molar-refractivity contribution in [1.82, 2.24) is 14.9 Å². The minimum absolute atomic E-state index is 0.0276. The fraction of sp³-hybridized carbons (Fsp3) is 0.333. The topological polar surface area (TPSA) is 134 Å². The fourth-order valence-electron chi connectivity index (χ4n) is 2.80. The average Bonchev–Trinajstić information content (AvgIpc) is 2.66. The Morgan fingerprint density at radius 3 is 2.53 bits per heavy atom. The Labute approximate surface area is 175 Å². The molecule has 1 aromatic carbocycles. The molecule has 2 rings (SSSR count). The van der Waals surface area contributed by atoms with Crippen molar-refractivity contribution in [3.8, 4) is 6.07 Å². The van der Waals surface area contributed by atoms with Crippen LogP contribution in [0.3, 0.4) is 0 Å². The molecule has 5 N–H and O–H groups in total. The standard InChI is InChI=1S/C18H20F3N7OS/c1-28(2)9-17(24,13-12(8-22)14(30-3)27-16(23)26-13)15(29)25-11-6-4-5-10(7-11)18(19,20)21/h4-7H,9,24H2,1-3H3,(H,25,29)(H2,23,26,27)/t17-/m1/s1. The second-order valence-electron chi connectivity index (χ2n) is 6.67. The summed E-state index contributed by atoms with van der Waals surface area (Å²) in [4.78, 5) is 22.8. The first-order valence-corrected chi connectivity index (χ1v) is 9.69. The summed E-state index contributed by atoms with van der Waals surface area (Å²) in [5, 5.41) is 12.2. The number of nitrogen functional groups attached to an aromatic ring is 1. The molecule has 0 aliphatic heterocycles. The zero-order valence-corrected chi connectivity index (χ0v) is 17.2. The van der Waals surface area contributed by atoms with Crippen LogP contribution in [0, 0.1) is 11.3 Å². The Morgan fingerprint density at radius 2 is 2.00 bits per heavy atom. The van der Waals surface area contributed by atoms with Crippen LogP contribution >= 0.6 is 11.8 Å². The Morgan fingerprint density at radius 1 is 1.33 bits per heavy atom. The van der Waals surface area contributed by atoms with Crippen molar-refractivity contribution in [2.75, 3.05) is 37.9 Å². The lowest BCUT2D eigenvalue weighted by molar-refractivity contribution is -0.137. The SMILES string of the molecule is CSc1nc(N)nc([C@](N)(CN(C)C)C(=O)Nc2cccc(C(F)(F)F)c2)c1C#N. The largest absolute Gasteiger partial charge is 0.416 e. The van der Waals surface area contributed by atoms with Crippen LogP contribution in [0.5, 0.6) is 0 Å². The second-order valence-corrected chi connectivity index (χ2v) is 7.46. The first-order chi connectivity index (χ1) is 13.9. The van der Waals surface area contributed by atoms with Gasteiger partial charge in [-0.3, -0.25) is 4.79 Å². The highest BCUT2D eigenvalue weighted by Crippen LogP contribution is 2.32. The molecule has 0 spiro atoms. The number of alkyl halides is 3. The van der Waals surface area contributed by atoms with E-state index in [0.29, 0.717) is 0 Å². The first kappa shape index (κ1) is 23.4. The molecule has 1 atom stereocenters. The number of aromatic nitrogens is 2. The summed E-state index contributed by atoms with van der Waals surface area (Å²) in [5.74, 6) is -1.04. The summed E-state index contributed by atoms with van der Waals surface area (Å²) in [7, 11) is 3.29. The third-order valence-corrected chi connectivity index (χ3v) is 4.72. The Bertz CT molecular complexity index is 991. The van der Waals surface area contributed by atoms with Gasteiger partial charge in [-0.05, 0) is 38.6 Å². The van der Waals surface area contributed by atoms with Crippen molar-refractivity contribution >= 4 is 29.3 Å². The molecule has 1 aromatic heterocycles. The van der Waals surface area contributed by atoms with Crippen molar-refractivity contribution in [2.24, 2.45) is 5.73 Å². The summed E-state index contributed by atoms with van der Waals surface area (Å²) in [5.41, 5.74) is 9.09. The quantitative estimate of drug-likeness (QED) is 0.460. The van der Waals surface area contributed by atoms with E-state index >= 15 is 0 Å². The predicted octanol–water partition coefficient (Wildman–Crippen LogP) is 2.03. The van der Waals surface area contributed by atoms with E-state index in [-0.39, 0.29) is 34.5 Å². The number of hydrogen-bond donors (Lipinski definition) is 3. The Hall–Kier alpha value is -2.88. The second kappa shape index (κ2) is 8.86. The number of thioether (sulfide) groups is 1. The molecule has 0 radical (unpaired) electrons. The fourth-order valence-corrected chi connectivity index (χ4v) is 3.33. The van der Waals surface area contributed by atoms with Crippen LogP contribution in [0.1, 0.15) is 16.8 Å². The van der Waals surface area contributed by atoms with Gasteiger partial charge in [0.15, 0.2) is 5.54 Å². The van der Waals surface area contributed by atoms with Gasteiger partial charge in [0.05, 0.1) is 11.3 Å². The number of nitriles is 1. The minimum Gasteiger partial charge on any atom is -0.368 e. The zero-order valence-electron chi connectivity index (χ0n) is 16.4. The maximum Gasteiger partial charge on any atom is 0.416 e. The van der Waals surface area contributed by atoms with Gasteiger partial charge in [-0.25, -0.2) is 9.97 Å². The summed E-state index contributed by atoms with van der Waals surface area (Å²) in [6.07, 6.45) is -2.91. The summed E-state index contributed by atoms with van der Waals surface area (Å²) in [6.45, 7) is -0.100. The number of nitrogens with two attached hydrogens (primary N) is 2. The summed E-state index contributed by atoms with van der Waals surface area (Å²) < 4.78 is 39.0. The van der Waals surface area contributed by atoms with Gasteiger partial charge in [-0.1, -0.05) is 6.07 Å². The molecule has 0 saturated carbocycles. The molecule has 2 aromatic rings. The van der Waals surface area contributed by atoms with Crippen molar-refractivity contribution in [2.45, 2.75) is 16.7 Å². The van der Waals surface area contributed by atoms with E-state index in [1.807, 2.05) is 6.07 Å². The van der Waals surface area contributed by atoms with Crippen LogP contribution in [0.25, 0.3) is 0 Å². The minimum atomic E-state index is -4.58. The van der Waals surface area contributed by atoms with Crippen LogP contribution in [-0.2, 0) is 16.5 Å².